The van der Waals surface area contributed by atoms with Gasteiger partial charge in [-0.2, -0.15) is 0 Å². The van der Waals surface area contributed by atoms with E-state index < -0.39 is 12.1 Å². The highest BCUT2D eigenvalue weighted by Gasteiger charge is 2.19. The lowest BCUT2D eigenvalue weighted by molar-refractivity contribution is 0.0852. The Balaban J connectivity index is 2.02. The summed E-state index contributed by atoms with van der Waals surface area (Å²) in [5.74, 6) is -0.657. The number of carbonyl (C=O) groups excluding carboxylic acids is 1. The number of hydrogen-bond donors (Lipinski definition) is 2. The summed E-state index contributed by atoms with van der Waals surface area (Å²) in [4.78, 5) is 15.8. The van der Waals surface area contributed by atoms with Crippen molar-refractivity contribution in [3.8, 4) is 0 Å². The van der Waals surface area contributed by atoms with Crippen molar-refractivity contribution in [2.45, 2.75) is 19.1 Å². The summed E-state index contributed by atoms with van der Waals surface area (Å²) in [7, 11) is 0. The molecule has 0 saturated carbocycles. The number of benzene rings is 1. The average Bonchev–Trinajstić information content (AvgIpc) is 2.48. The molecule has 1 amide bonds. The Morgan fingerprint density at radius 2 is 1.80 bits per heavy atom. The molecule has 4 nitrogen and oxygen atoms in total. The van der Waals surface area contributed by atoms with Gasteiger partial charge in [0, 0.05) is 18.0 Å². The van der Waals surface area contributed by atoms with Crippen LogP contribution < -0.4 is 5.32 Å². The zero-order valence-electron chi connectivity index (χ0n) is 11.0. The van der Waals surface area contributed by atoms with Crippen LogP contribution in [0.25, 0.3) is 0 Å². The molecule has 0 fully saturated rings. The molecule has 0 spiro atoms. The van der Waals surface area contributed by atoms with Crippen molar-refractivity contribution in [1.29, 1.82) is 0 Å². The Bertz CT molecular complexity index is 572. The second kappa shape index (κ2) is 6.25. The molecule has 0 aliphatic carbocycles. The number of aliphatic hydroxyl groups excluding tert-OH is 1. The lowest BCUT2D eigenvalue weighted by Crippen LogP contribution is -2.37. The Morgan fingerprint density at radius 3 is 2.40 bits per heavy atom. The molecule has 0 saturated heterocycles. The number of nitrogens with zero attached hydrogens (tertiary/aromatic N) is 1. The number of hydrogen-bond acceptors (Lipinski definition) is 3. The van der Waals surface area contributed by atoms with Crippen LogP contribution in [0.1, 0.15) is 28.9 Å². The summed E-state index contributed by atoms with van der Waals surface area (Å²) >= 11 is 0. The molecule has 0 bridgehead atoms. The third-order valence-electron chi connectivity index (χ3n) is 2.99. The van der Waals surface area contributed by atoms with E-state index in [-0.39, 0.29) is 11.7 Å². The van der Waals surface area contributed by atoms with E-state index in [1.807, 2.05) is 0 Å². The van der Waals surface area contributed by atoms with Gasteiger partial charge in [0.05, 0.1) is 12.1 Å². The van der Waals surface area contributed by atoms with Crippen LogP contribution in [-0.4, -0.2) is 22.0 Å². The van der Waals surface area contributed by atoms with Crippen LogP contribution in [0.15, 0.2) is 48.8 Å². The summed E-state index contributed by atoms with van der Waals surface area (Å²) in [6, 6.07) is 8.22. The molecule has 0 aliphatic heterocycles. The largest absolute Gasteiger partial charge is 0.386 e. The van der Waals surface area contributed by atoms with Gasteiger partial charge in [-0.25, -0.2) is 4.39 Å². The first-order chi connectivity index (χ1) is 9.58. The highest BCUT2D eigenvalue weighted by Crippen LogP contribution is 2.17. The molecule has 1 aromatic carbocycles. The predicted molar refractivity (Wildman–Crippen MR) is 72.5 cm³/mol. The van der Waals surface area contributed by atoms with Crippen LogP contribution in [0, 0.1) is 5.82 Å². The zero-order valence-corrected chi connectivity index (χ0v) is 11.0. The standard InChI is InChI=1S/C15H15FN2O2/c1-10(14(19)11-2-4-13(16)5-3-11)18-15(20)12-6-8-17-9-7-12/h2-10,14,19H,1H3,(H,18,20). The van der Waals surface area contributed by atoms with Crippen LogP contribution in [0.5, 0.6) is 0 Å². The van der Waals surface area contributed by atoms with E-state index in [0.717, 1.165) is 0 Å². The Labute approximate surface area is 116 Å². The fraction of sp³-hybridized carbons (Fsp3) is 0.200. The first kappa shape index (κ1) is 14.1. The van der Waals surface area contributed by atoms with Gasteiger partial charge in [0.2, 0.25) is 0 Å². The number of pyridine rings is 1. The normalized spacial score (nSPS) is 13.6. The van der Waals surface area contributed by atoms with Gasteiger partial charge in [0.1, 0.15) is 5.82 Å². The average molecular weight is 274 g/mol. The van der Waals surface area contributed by atoms with Crippen LogP contribution in [0.4, 0.5) is 4.39 Å². The van der Waals surface area contributed by atoms with Crippen LogP contribution in [0.2, 0.25) is 0 Å². The molecule has 2 atom stereocenters. The molecule has 2 unspecified atom stereocenters. The van der Waals surface area contributed by atoms with Gasteiger partial charge < -0.3 is 10.4 Å². The molecule has 2 N–H and O–H groups in total. The number of amides is 1. The lowest BCUT2D eigenvalue weighted by Gasteiger charge is -2.20. The smallest absolute Gasteiger partial charge is 0.251 e. The number of nitrogens with one attached hydrogen (secondary N) is 1. The van der Waals surface area contributed by atoms with Crippen molar-refractivity contribution in [2.75, 3.05) is 0 Å². The molecule has 0 radical (unpaired) electrons. The molecule has 2 aromatic rings. The molecule has 20 heavy (non-hydrogen) atoms. The van der Waals surface area contributed by atoms with Crippen LogP contribution in [0.3, 0.4) is 0 Å². The molecule has 5 heteroatoms. The van der Waals surface area contributed by atoms with E-state index in [1.165, 1.54) is 36.7 Å². The molecular formula is C15H15FN2O2. The fourth-order valence-corrected chi connectivity index (χ4v) is 1.82. The first-order valence-corrected chi connectivity index (χ1v) is 6.22. The summed E-state index contributed by atoms with van der Waals surface area (Å²) in [5.41, 5.74) is 1.02. The highest BCUT2D eigenvalue weighted by molar-refractivity contribution is 5.94. The number of aromatic nitrogens is 1. The maximum atomic E-state index is 12.8. The van der Waals surface area contributed by atoms with Crippen LogP contribution >= 0.6 is 0 Å². The number of carbonyl (C=O) groups is 1. The topological polar surface area (TPSA) is 62.2 Å². The summed E-state index contributed by atoms with van der Waals surface area (Å²) in [6.07, 6.45) is 2.15. The van der Waals surface area contributed by atoms with Crippen LogP contribution in [-0.2, 0) is 0 Å². The molecular weight excluding hydrogens is 259 g/mol. The van der Waals surface area contributed by atoms with Gasteiger partial charge in [-0.3, -0.25) is 9.78 Å². The molecule has 1 heterocycles. The van der Waals surface area contributed by atoms with Gasteiger partial charge in [0.15, 0.2) is 0 Å². The van der Waals surface area contributed by atoms with Crippen molar-refractivity contribution in [1.82, 2.24) is 10.3 Å². The van der Waals surface area contributed by atoms with E-state index in [0.29, 0.717) is 11.1 Å². The van der Waals surface area contributed by atoms with Crippen molar-refractivity contribution < 1.29 is 14.3 Å². The maximum absolute atomic E-state index is 12.8. The van der Waals surface area contributed by atoms with E-state index >= 15 is 0 Å². The fourth-order valence-electron chi connectivity index (χ4n) is 1.82. The van der Waals surface area contributed by atoms with E-state index in [9.17, 15) is 14.3 Å². The third kappa shape index (κ3) is 3.39. The van der Waals surface area contributed by atoms with Crippen molar-refractivity contribution in [2.24, 2.45) is 0 Å². The number of halogens is 1. The molecule has 1 aromatic heterocycles. The Hall–Kier alpha value is -2.27. The molecule has 0 aliphatic rings. The maximum Gasteiger partial charge on any atom is 0.251 e. The summed E-state index contributed by atoms with van der Waals surface area (Å²) < 4.78 is 12.8. The summed E-state index contributed by atoms with van der Waals surface area (Å²) in [6.45, 7) is 1.69. The van der Waals surface area contributed by atoms with E-state index in [2.05, 4.69) is 10.3 Å². The Morgan fingerprint density at radius 1 is 1.20 bits per heavy atom. The number of rotatable bonds is 4. The van der Waals surface area contributed by atoms with E-state index in [1.54, 1.807) is 19.1 Å². The molecule has 104 valence electrons. The minimum absolute atomic E-state index is 0.291. The van der Waals surface area contributed by atoms with E-state index in [4.69, 9.17) is 0 Å². The predicted octanol–water partition coefficient (Wildman–Crippen LogP) is 2.07. The second-order valence-corrected chi connectivity index (χ2v) is 4.49. The highest BCUT2D eigenvalue weighted by atomic mass is 19.1. The minimum Gasteiger partial charge on any atom is -0.386 e. The Kier molecular flexibility index (Phi) is 4.42. The van der Waals surface area contributed by atoms with Gasteiger partial charge in [-0.1, -0.05) is 12.1 Å². The quantitative estimate of drug-likeness (QED) is 0.897. The van der Waals surface area contributed by atoms with Gasteiger partial charge >= 0.3 is 0 Å². The van der Waals surface area contributed by atoms with Crippen molar-refractivity contribution in [3.05, 3.63) is 65.7 Å². The van der Waals surface area contributed by atoms with Gasteiger partial charge in [0.25, 0.3) is 5.91 Å². The SMILES string of the molecule is CC(NC(=O)c1ccncc1)C(O)c1ccc(F)cc1. The monoisotopic (exact) mass is 274 g/mol. The lowest BCUT2D eigenvalue weighted by atomic mass is 10.0. The first-order valence-electron chi connectivity index (χ1n) is 6.22. The minimum atomic E-state index is -0.901. The second-order valence-electron chi connectivity index (χ2n) is 4.49. The third-order valence-corrected chi connectivity index (χ3v) is 2.99. The summed E-state index contributed by atoms with van der Waals surface area (Å²) in [5, 5.41) is 12.8. The van der Waals surface area contributed by atoms with Gasteiger partial charge in [-0.15, -0.1) is 0 Å². The molecule has 2 rings (SSSR count). The number of aliphatic hydroxyl groups is 1. The van der Waals surface area contributed by atoms with Gasteiger partial charge in [-0.05, 0) is 36.8 Å². The zero-order chi connectivity index (χ0) is 14.5. The van der Waals surface area contributed by atoms with Crippen molar-refractivity contribution in [3.63, 3.8) is 0 Å². The van der Waals surface area contributed by atoms with Crippen molar-refractivity contribution >= 4 is 5.91 Å².